The molecule has 2 aromatic carbocycles. The van der Waals surface area contributed by atoms with Crippen LogP contribution in [-0.4, -0.2) is 17.6 Å². The van der Waals surface area contributed by atoms with Crippen molar-refractivity contribution in [2.24, 2.45) is 0 Å². The van der Waals surface area contributed by atoms with Crippen molar-refractivity contribution in [2.75, 3.05) is 6.61 Å². The summed E-state index contributed by atoms with van der Waals surface area (Å²) in [5.41, 5.74) is 2.21. The lowest BCUT2D eigenvalue weighted by Gasteiger charge is -2.10. The summed E-state index contributed by atoms with van der Waals surface area (Å²) in [6, 6.07) is 19.4. The molecule has 1 amide bonds. The third-order valence-corrected chi connectivity index (χ3v) is 5.16. The van der Waals surface area contributed by atoms with Crippen molar-refractivity contribution < 1.29 is 13.9 Å². The smallest absolute Gasteiger partial charge is 0.264 e. The summed E-state index contributed by atoms with van der Waals surface area (Å²) in [7, 11) is 0. The van der Waals surface area contributed by atoms with Crippen LogP contribution in [0.3, 0.4) is 0 Å². The van der Waals surface area contributed by atoms with Crippen LogP contribution in [0.2, 0.25) is 0 Å². The fourth-order valence-corrected chi connectivity index (χ4v) is 3.16. The Morgan fingerprint density at radius 2 is 1.77 bits per heavy atom. The first-order chi connectivity index (χ1) is 14.4. The maximum absolute atomic E-state index is 12.0. The van der Waals surface area contributed by atoms with E-state index in [1.807, 2.05) is 60.7 Å². The zero-order valence-corrected chi connectivity index (χ0v) is 19.2. The molecule has 2 N–H and O–H groups in total. The highest BCUT2D eigenvalue weighted by molar-refractivity contribution is 9.10. The first-order valence-corrected chi connectivity index (χ1v) is 10.8. The zero-order valence-electron chi connectivity index (χ0n) is 16.8. The standard InChI is InChI=1S/C23H23BrN2O3S/c1-15(2)16-5-9-19(10-6-16)28-14-22(27)26-23(30)25-13-20-11-12-21(29-20)17-3-7-18(24)8-4-17/h3-12,15H,13-14H2,1-2H3,(H2,25,26,27,30). The van der Waals surface area contributed by atoms with Crippen molar-refractivity contribution in [1.29, 1.82) is 0 Å². The van der Waals surface area contributed by atoms with Crippen molar-refractivity contribution in [3.63, 3.8) is 0 Å². The molecule has 0 bridgehead atoms. The number of hydrogen-bond acceptors (Lipinski definition) is 4. The second-order valence-electron chi connectivity index (χ2n) is 7.02. The van der Waals surface area contributed by atoms with E-state index in [0.29, 0.717) is 24.0 Å². The van der Waals surface area contributed by atoms with E-state index in [1.165, 1.54) is 5.56 Å². The van der Waals surface area contributed by atoms with E-state index in [2.05, 4.69) is 40.4 Å². The maximum atomic E-state index is 12.0. The number of nitrogens with one attached hydrogen (secondary N) is 2. The zero-order chi connectivity index (χ0) is 21.5. The molecule has 5 nitrogen and oxygen atoms in total. The average molecular weight is 487 g/mol. The number of ether oxygens (including phenoxy) is 1. The molecule has 0 aliphatic heterocycles. The molecule has 3 aromatic rings. The Labute approximate surface area is 189 Å². The third kappa shape index (κ3) is 6.43. The number of amides is 1. The topological polar surface area (TPSA) is 63.5 Å². The van der Waals surface area contributed by atoms with Gasteiger partial charge in [0, 0.05) is 10.0 Å². The van der Waals surface area contributed by atoms with Crippen LogP contribution < -0.4 is 15.4 Å². The van der Waals surface area contributed by atoms with Crippen LogP contribution in [0.25, 0.3) is 11.3 Å². The normalized spacial score (nSPS) is 10.7. The molecule has 156 valence electrons. The van der Waals surface area contributed by atoms with Crippen molar-refractivity contribution in [3.8, 4) is 17.1 Å². The van der Waals surface area contributed by atoms with Gasteiger partial charge in [0.25, 0.3) is 5.91 Å². The highest BCUT2D eigenvalue weighted by Crippen LogP contribution is 2.24. The van der Waals surface area contributed by atoms with E-state index in [-0.39, 0.29) is 17.6 Å². The van der Waals surface area contributed by atoms with Crippen LogP contribution in [-0.2, 0) is 11.3 Å². The molecule has 30 heavy (non-hydrogen) atoms. The summed E-state index contributed by atoms with van der Waals surface area (Å²) in [5.74, 6) is 2.25. The summed E-state index contributed by atoms with van der Waals surface area (Å²) < 4.78 is 12.3. The lowest BCUT2D eigenvalue weighted by Crippen LogP contribution is -2.41. The number of halogens is 1. The molecule has 0 aliphatic rings. The Kier molecular flexibility index (Phi) is 7.65. The molecule has 0 atom stereocenters. The Balaban J connectivity index is 1.42. The largest absolute Gasteiger partial charge is 0.484 e. The van der Waals surface area contributed by atoms with Crippen molar-refractivity contribution >= 4 is 39.2 Å². The Morgan fingerprint density at radius 3 is 2.43 bits per heavy atom. The SMILES string of the molecule is CC(C)c1ccc(OCC(=O)NC(=S)NCc2ccc(-c3ccc(Br)cc3)o2)cc1. The van der Waals surface area contributed by atoms with Gasteiger partial charge >= 0.3 is 0 Å². The minimum absolute atomic E-state index is 0.114. The number of hydrogen-bond donors (Lipinski definition) is 2. The van der Waals surface area contributed by atoms with Gasteiger partial charge in [0.15, 0.2) is 11.7 Å². The number of rotatable bonds is 7. The van der Waals surface area contributed by atoms with Crippen LogP contribution >= 0.6 is 28.1 Å². The fraction of sp³-hybridized carbons (Fsp3) is 0.217. The predicted molar refractivity (Wildman–Crippen MR) is 125 cm³/mol. The lowest BCUT2D eigenvalue weighted by atomic mass is 10.0. The van der Waals surface area contributed by atoms with Crippen LogP contribution in [0.5, 0.6) is 5.75 Å². The molecule has 0 spiro atoms. The number of carbonyl (C=O) groups is 1. The van der Waals surface area contributed by atoms with Crippen LogP contribution in [0.1, 0.15) is 31.1 Å². The Morgan fingerprint density at radius 1 is 1.07 bits per heavy atom. The monoisotopic (exact) mass is 486 g/mol. The first-order valence-electron chi connectivity index (χ1n) is 9.56. The number of carbonyl (C=O) groups excluding carboxylic acids is 1. The molecular formula is C23H23BrN2O3S. The summed E-state index contributed by atoms with van der Waals surface area (Å²) in [6.07, 6.45) is 0. The minimum atomic E-state index is -0.324. The third-order valence-electron chi connectivity index (χ3n) is 4.38. The molecule has 0 aliphatic carbocycles. The average Bonchev–Trinajstić information content (AvgIpc) is 3.20. The molecule has 7 heteroatoms. The Hall–Kier alpha value is -2.64. The van der Waals surface area contributed by atoms with Gasteiger partial charge in [-0.3, -0.25) is 4.79 Å². The van der Waals surface area contributed by atoms with Gasteiger partial charge in [-0.25, -0.2) is 0 Å². The van der Waals surface area contributed by atoms with Gasteiger partial charge in [0.1, 0.15) is 17.3 Å². The molecule has 0 saturated heterocycles. The van der Waals surface area contributed by atoms with Gasteiger partial charge in [0.2, 0.25) is 0 Å². The first kappa shape index (κ1) is 22.1. The second kappa shape index (κ2) is 10.4. The summed E-state index contributed by atoms with van der Waals surface area (Å²) in [5, 5.41) is 5.79. The lowest BCUT2D eigenvalue weighted by molar-refractivity contribution is -0.121. The summed E-state index contributed by atoms with van der Waals surface area (Å²) in [6.45, 7) is 4.51. The maximum Gasteiger partial charge on any atom is 0.264 e. The van der Waals surface area contributed by atoms with Gasteiger partial charge in [-0.15, -0.1) is 0 Å². The number of benzene rings is 2. The van der Waals surface area contributed by atoms with E-state index < -0.39 is 0 Å². The van der Waals surface area contributed by atoms with E-state index in [9.17, 15) is 4.79 Å². The van der Waals surface area contributed by atoms with E-state index in [1.54, 1.807) is 0 Å². The molecule has 0 radical (unpaired) electrons. The second-order valence-corrected chi connectivity index (χ2v) is 8.34. The quantitative estimate of drug-likeness (QED) is 0.437. The van der Waals surface area contributed by atoms with E-state index >= 15 is 0 Å². The van der Waals surface area contributed by atoms with Crippen molar-refractivity contribution in [3.05, 3.63) is 76.5 Å². The van der Waals surface area contributed by atoms with E-state index in [0.717, 1.165) is 15.8 Å². The molecule has 1 aromatic heterocycles. The Bertz CT molecular complexity index is 998. The summed E-state index contributed by atoms with van der Waals surface area (Å²) in [4.78, 5) is 12.0. The predicted octanol–water partition coefficient (Wildman–Crippen LogP) is 5.40. The highest BCUT2D eigenvalue weighted by atomic mass is 79.9. The van der Waals surface area contributed by atoms with Crippen LogP contribution in [0.4, 0.5) is 0 Å². The summed E-state index contributed by atoms with van der Waals surface area (Å²) >= 11 is 8.59. The van der Waals surface area contributed by atoms with Crippen molar-refractivity contribution in [2.45, 2.75) is 26.3 Å². The van der Waals surface area contributed by atoms with Gasteiger partial charge in [-0.05, 0) is 60.1 Å². The molecule has 0 fully saturated rings. The molecule has 3 rings (SSSR count). The van der Waals surface area contributed by atoms with Crippen LogP contribution in [0.15, 0.2) is 69.6 Å². The van der Waals surface area contributed by atoms with Gasteiger partial charge in [-0.2, -0.15) is 0 Å². The molecule has 0 saturated carbocycles. The number of thiocarbonyl (C=S) groups is 1. The molecule has 1 heterocycles. The molecule has 0 unspecified atom stereocenters. The fourth-order valence-electron chi connectivity index (χ4n) is 2.71. The minimum Gasteiger partial charge on any atom is -0.484 e. The van der Waals surface area contributed by atoms with Crippen LogP contribution in [0, 0.1) is 0 Å². The molecular weight excluding hydrogens is 464 g/mol. The van der Waals surface area contributed by atoms with Gasteiger partial charge < -0.3 is 19.8 Å². The van der Waals surface area contributed by atoms with Gasteiger partial charge in [0.05, 0.1) is 6.54 Å². The van der Waals surface area contributed by atoms with Crippen molar-refractivity contribution in [1.82, 2.24) is 10.6 Å². The highest BCUT2D eigenvalue weighted by Gasteiger charge is 2.09. The van der Waals surface area contributed by atoms with Gasteiger partial charge in [-0.1, -0.05) is 54.0 Å². The number of furan rings is 1. The van der Waals surface area contributed by atoms with E-state index in [4.69, 9.17) is 21.4 Å².